The first-order chi connectivity index (χ1) is 17.4. The third kappa shape index (κ3) is 5.99. The van der Waals surface area contributed by atoms with E-state index in [1.54, 1.807) is 16.7 Å². The summed E-state index contributed by atoms with van der Waals surface area (Å²) in [6, 6.07) is -0.368. The zero-order valence-corrected chi connectivity index (χ0v) is 20.5. The zero-order chi connectivity index (χ0) is 27.0. The summed E-state index contributed by atoms with van der Waals surface area (Å²) in [5, 5.41) is 3.25. The van der Waals surface area contributed by atoms with Gasteiger partial charge in [0.1, 0.15) is 23.6 Å². The van der Waals surface area contributed by atoms with Crippen molar-refractivity contribution in [1.82, 2.24) is 34.6 Å². The molecule has 1 fully saturated rings. The Balaban J connectivity index is 1.53. The lowest BCUT2D eigenvalue weighted by molar-refractivity contribution is -0.145. The lowest BCUT2D eigenvalue weighted by Crippen LogP contribution is -2.54. The summed E-state index contributed by atoms with van der Waals surface area (Å²) in [5.41, 5.74) is -0.237. The fourth-order valence-electron chi connectivity index (χ4n) is 3.92. The Hall–Kier alpha value is -3.30. The Morgan fingerprint density at radius 1 is 1.08 bits per heavy atom. The monoisotopic (exact) mass is 548 g/mol. The maximum Gasteiger partial charge on any atom is 0.451 e. The van der Waals surface area contributed by atoms with E-state index in [2.05, 4.69) is 25.0 Å². The maximum absolute atomic E-state index is 13.5. The van der Waals surface area contributed by atoms with Gasteiger partial charge in [0, 0.05) is 50.1 Å². The van der Waals surface area contributed by atoms with Crippen molar-refractivity contribution >= 4 is 22.2 Å². The molecule has 37 heavy (non-hydrogen) atoms. The maximum atomic E-state index is 13.5. The zero-order valence-electron chi connectivity index (χ0n) is 19.7. The second-order valence-electron chi connectivity index (χ2n) is 8.45. The predicted octanol–water partition coefficient (Wildman–Crippen LogP) is 3.92. The van der Waals surface area contributed by atoms with E-state index in [9.17, 15) is 31.1 Å². The number of piperazine rings is 1. The van der Waals surface area contributed by atoms with E-state index in [-0.39, 0.29) is 54.4 Å². The van der Waals surface area contributed by atoms with Crippen LogP contribution in [0.4, 0.5) is 31.3 Å². The summed E-state index contributed by atoms with van der Waals surface area (Å²) in [6.45, 7) is 4.34. The van der Waals surface area contributed by atoms with Crippen molar-refractivity contribution in [2.24, 2.45) is 0 Å². The highest BCUT2D eigenvalue weighted by Crippen LogP contribution is 2.43. The lowest BCUT2D eigenvalue weighted by Gasteiger charge is -2.40. The van der Waals surface area contributed by atoms with Crippen LogP contribution < -0.4 is 4.90 Å². The normalized spacial score (nSPS) is 16.9. The van der Waals surface area contributed by atoms with Gasteiger partial charge in [-0.2, -0.15) is 31.4 Å². The minimum atomic E-state index is -4.79. The number of nitrogens with zero attached hydrogens (tertiary/aromatic N) is 8. The Morgan fingerprint density at radius 2 is 1.78 bits per heavy atom. The number of aryl methyl sites for hydroxylation is 1. The molecule has 4 rings (SSSR count). The predicted molar refractivity (Wildman–Crippen MR) is 121 cm³/mol. The molecule has 0 bridgehead atoms. The van der Waals surface area contributed by atoms with Gasteiger partial charge < -0.3 is 9.80 Å². The number of thiazole rings is 1. The van der Waals surface area contributed by atoms with E-state index < -0.39 is 23.2 Å². The number of carbonyl (C=O) groups is 1. The van der Waals surface area contributed by atoms with Crippen LogP contribution in [0.1, 0.15) is 36.9 Å². The van der Waals surface area contributed by atoms with Gasteiger partial charge in [-0.15, -0.1) is 0 Å². The molecule has 3 aromatic heterocycles. The molecule has 0 radical (unpaired) electrons. The van der Waals surface area contributed by atoms with Crippen LogP contribution in [0, 0.1) is 0 Å². The van der Waals surface area contributed by atoms with Gasteiger partial charge in [0.05, 0.1) is 0 Å². The molecule has 0 saturated carbocycles. The van der Waals surface area contributed by atoms with E-state index in [0.29, 0.717) is 23.6 Å². The highest BCUT2D eigenvalue weighted by atomic mass is 32.1. The Kier molecular flexibility index (Phi) is 7.39. The van der Waals surface area contributed by atoms with Gasteiger partial charge >= 0.3 is 12.4 Å². The van der Waals surface area contributed by atoms with E-state index in [0.717, 1.165) is 18.8 Å². The van der Waals surface area contributed by atoms with E-state index in [1.165, 1.54) is 11.0 Å². The van der Waals surface area contributed by atoms with E-state index in [1.807, 2.05) is 6.92 Å². The molecule has 200 valence electrons. The molecule has 0 unspecified atom stereocenters. The quantitative estimate of drug-likeness (QED) is 0.431. The third-order valence-corrected chi connectivity index (χ3v) is 6.78. The molecule has 16 heteroatoms. The first kappa shape index (κ1) is 26.8. The van der Waals surface area contributed by atoms with Crippen molar-refractivity contribution in [3.05, 3.63) is 35.4 Å². The van der Waals surface area contributed by atoms with Crippen LogP contribution in [0.3, 0.4) is 0 Å². The van der Waals surface area contributed by atoms with Crippen molar-refractivity contribution in [3.63, 3.8) is 0 Å². The second kappa shape index (κ2) is 10.2. The number of aromatic nitrogens is 6. The van der Waals surface area contributed by atoms with Crippen LogP contribution in [-0.4, -0.2) is 66.2 Å². The van der Waals surface area contributed by atoms with Crippen LogP contribution in [0.15, 0.2) is 18.7 Å². The molecule has 0 aromatic carbocycles. The molecule has 1 atom stereocenters. The summed E-state index contributed by atoms with van der Waals surface area (Å²) in [6.07, 6.45) is -4.88. The van der Waals surface area contributed by atoms with Crippen LogP contribution in [0.2, 0.25) is 0 Å². The standard InChI is InChI=1S/C21H22F6N8OS/c1-3-4-14-30-11-34(32-14)10-15(36)35-6-5-33(9-12(35)2)17-16(31-19(37-17)21(25,26)27)13-7-28-18(29-8-13)20(22,23)24/h7-8,11-12H,3-6,9-10H2,1-2H3/t12-/m1/s1. The van der Waals surface area contributed by atoms with Gasteiger partial charge in [0.15, 0.2) is 5.82 Å². The highest BCUT2D eigenvalue weighted by molar-refractivity contribution is 7.16. The number of halogens is 6. The van der Waals surface area contributed by atoms with Crippen LogP contribution in [0.5, 0.6) is 0 Å². The van der Waals surface area contributed by atoms with Crippen molar-refractivity contribution in [1.29, 1.82) is 0 Å². The van der Waals surface area contributed by atoms with Crippen molar-refractivity contribution < 1.29 is 31.1 Å². The molecule has 9 nitrogen and oxygen atoms in total. The third-order valence-electron chi connectivity index (χ3n) is 5.62. The summed E-state index contributed by atoms with van der Waals surface area (Å²) >= 11 is 0.385. The second-order valence-corrected chi connectivity index (χ2v) is 9.43. The number of rotatable bonds is 6. The van der Waals surface area contributed by atoms with E-state index >= 15 is 0 Å². The topological polar surface area (TPSA) is 92.9 Å². The summed E-state index contributed by atoms with van der Waals surface area (Å²) < 4.78 is 80.4. The van der Waals surface area contributed by atoms with E-state index in [4.69, 9.17) is 0 Å². The number of hydrogen-bond acceptors (Lipinski definition) is 8. The summed E-state index contributed by atoms with van der Waals surface area (Å²) in [7, 11) is 0. The molecule has 1 aliphatic heterocycles. The highest BCUT2D eigenvalue weighted by Gasteiger charge is 2.39. The molecule has 0 aliphatic carbocycles. The minimum Gasteiger partial charge on any atom is -0.358 e. The fourth-order valence-corrected chi connectivity index (χ4v) is 4.91. The average molecular weight is 549 g/mol. The van der Waals surface area contributed by atoms with Gasteiger partial charge in [0.25, 0.3) is 0 Å². The number of amides is 1. The first-order valence-electron chi connectivity index (χ1n) is 11.3. The Bertz CT molecular complexity index is 1240. The smallest absolute Gasteiger partial charge is 0.358 e. The molecule has 1 aliphatic rings. The van der Waals surface area contributed by atoms with Crippen LogP contribution >= 0.6 is 11.3 Å². The van der Waals surface area contributed by atoms with Crippen LogP contribution in [-0.2, 0) is 30.1 Å². The average Bonchev–Trinajstić information content (AvgIpc) is 3.46. The molecular weight excluding hydrogens is 526 g/mol. The first-order valence-corrected chi connectivity index (χ1v) is 12.1. The fraction of sp³-hybridized carbons (Fsp3) is 0.524. The van der Waals surface area contributed by atoms with Crippen molar-refractivity contribution in [2.75, 3.05) is 24.5 Å². The van der Waals surface area contributed by atoms with Gasteiger partial charge in [-0.3, -0.25) is 4.79 Å². The van der Waals surface area contributed by atoms with Crippen molar-refractivity contribution in [3.8, 4) is 11.3 Å². The summed E-state index contributed by atoms with van der Waals surface area (Å²) in [4.78, 5) is 30.5. The van der Waals surface area contributed by atoms with Gasteiger partial charge in [-0.05, 0) is 13.3 Å². The number of anilines is 1. The number of hydrogen-bond donors (Lipinski definition) is 0. The number of carbonyl (C=O) groups excluding carboxylic acids is 1. The summed E-state index contributed by atoms with van der Waals surface area (Å²) in [5.74, 6) is -0.977. The largest absolute Gasteiger partial charge is 0.451 e. The molecule has 1 saturated heterocycles. The lowest BCUT2D eigenvalue weighted by atomic mass is 10.1. The number of alkyl halides is 6. The SMILES string of the molecule is CCCc1ncn(CC(=O)N2CCN(c3sc(C(F)(F)F)nc3-c3cnc(C(F)(F)F)nc3)C[C@H]2C)n1. The molecule has 0 spiro atoms. The Morgan fingerprint density at radius 3 is 2.38 bits per heavy atom. The van der Waals surface area contributed by atoms with Crippen molar-refractivity contribution in [2.45, 2.75) is 51.6 Å². The van der Waals surface area contributed by atoms with Gasteiger partial charge in [-0.25, -0.2) is 24.6 Å². The Labute approximate surface area is 211 Å². The molecular formula is C21H22F6N8OS. The van der Waals surface area contributed by atoms with Crippen LogP contribution in [0.25, 0.3) is 11.3 Å². The molecule has 3 aromatic rings. The molecule has 1 amide bonds. The minimum absolute atomic E-state index is 0.0199. The van der Waals surface area contributed by atoms with Gasteiger partial charge in [0.2, 0.25) is 16.7 Å². The van der Waals surface area contributed by atoms with Gasteiger partial charge in [-0.1, -0.05) is 18.3 Å². The molecule has 4 heterocycles. The molecule has 0 N–H and O–H groups in total.